The summed E-state index contributed by atoms with van der Waals surface area (Å²) in [5.74, 6) is 1.05. The molecule has 2 aromatic carbocycles. The van der Waals surface area contributed by atoms with Gasteiger partial charge in [-0.2, -0.15) is 4.31 Å². The molecule has 2 saturated carbocycles. The van der Waals surface area contributed by atoms with Crippen molar-refractivity contribution >= 4 is 15.9 Å². The zero-order valence-electron chi connectivity index (χ0n) is 18.3. The molecule has 2 atom stereocenters. The molecule has 1 saturated heterocycles. The van der Waals surface area contributed by atoms with Crippen molar-refractivity contribution in [1.82, 2.24) is 9.21 Å². The monoisotopic (exact) mass is 438 g/mol. The average Bonchev–Trinajstić information content (AvgIpc) is 3.67. The van der Waals surface area contributed by atoms with Crippen LogP contribution in [0.3, 0.4) is 0 Å². The number of piperazine rings is 1. The summed E-state index contributed by atoms with van der Waals surface area (Å²) in [4.78, 5) is 15.2. The molecular weight excluding hydrogens is 408 g/mol. The summed E-state index contributed by atoms with van der Waals surface area (Å²) >= 11 is 0. The van der Waals surface area contributed by atoms with Crippen molar-refractivity contribution in [2.75, 3.05) is 26.2 Å². The lowest BCUT2D eigenvalue weighted by atomic mass is 10.1. The van der Waals surface area contributed by atoms with Gasteiger partial charge in [-0.05, 0) is 73.8 Å². The minimum absolute atomic E-state index is 0.0451. The summed E-state index contributed by atoms with van der Waals surface area (Å²) < 4.78 is 28.0. The van der Waals surface area contributed by atoms with Crippen LogP contribution in [0.4, 0.5) is 0 Å². The maximum atomic E-state index is 13.2. The van der Waals surface area contributed by atoms with Crippen LogP contribution < -0.4 is 0 Å². The summed E-state index contributed by atoms with van der Waals surface area (Å²) in [5, 5.41) is 0. The van der Waals surface area contributed by atoms with Gasteiger partial charge in [-0.1, -0.05) is 35.9 Å². The van der Waals surface area contributed by atoms with E-state index in [1.807, 2.05) is 17.9 Å². The van der Waals surface area contributed by atoms with E-state index in [0.29, 0.717) is 42.9 Å². The lowest BCUT2D eigenvalue weighted by Gasteiger charge is -2.34. The zero-order chi connectivity index (χ0) is 21.8. The smallest absolute Gasteiger partial charge is 0.243 e. The topological polar surface area (TPSA) is 57.7 Å². The van der Waals surface area contributed by atoms with Gasteiger partial charge in [0.05, 0.1) is 4.90 Å². The highest BCUT2D eigenvalue weighted by Gasteiger charge is 2.46. The Morgan fingerprint density at radius 1 is 0.871 bits per heavy atom. The Morgan fingerprint density at radius 3 is 2.19 bits per heavy atom. The van der Waals surface area contributed by atoms with Crippen LogP contribution in [-0.2, 0) is 14.8 Å². The number of amides is 1. The summed E-state index contributed by atoms with van der Waals surface area (Å²) in [7, 11) is -3.53. The molecule has 0 bridgehead atoms. The minimum Gasteiger partial charge on any atom is -0.340 e. The summed E-state index contributed by atoms with van der Waals surface area (Å²) in [6.45, 7) is 5.69. The van der Waals surface area contributed by atoms with Gasteiger partial charge in [0.25, 0.3) is 0 Å². The SMILES string of the molecule is Cc1ccc(C2CC2C(=O)N2CCN(S(=O)(=O)c3cc(C)cc(C4CC4)c3)CC2)cc1. The standard InChI is InChI=1S/C25H30N2O3S/c1-17-3-5-20(6-4-17)23-16-24(23)25(28)26-9-11-27(12-10-26)31(29,30)22-14-18(2)13-21(15-22)19-7-8-19/h3-6,13-15,19,23-24H,7-12,16H2,1-2H3. The van der Waals surface area contributed by atoms with Crippen molar-refractivity contribution < 1.29 is 13.2 Å². The molecule has 3 fully saturated rings. The van der Waals surface area contributed by atoms with E-state index >= 15 is 0 Å². The molecule has 5 nitrogen and oxygen atoms in total. The van der Waals surface area contributed by atoms with Crippen LogP contribution in [0.2, 0.25) is 0 Å². The fourth-order valence-electron chi connectivity index (χ4n) is 4.76. The van der Waals surface area contributed by atoms with Crippen LogP contribution in [0.25, 0.3) is 0 Å². The molecular formula is C25H30N2O3S. The third-order valence-electron chi connectivity index (χ3n) is 6.92. The van der Waals surface area contributed by atoms with E-state index in [1.165, 1.54) is 11.1 Å². The molecule has 1 heterocycles. The van der Waals surface area contributed by atoms with Gasteiger partial charge in [-0.15, -0.1) is 0 Å². The van der Waals surface area contributed by atoms with Crippen molar-refractivity contribution in [1.29, 1.82) is 0 Å². The average molecular weight is 439 g/mol. The Labute approximate surface area is 185 Å². The van der Waals surface area contributed by atoms with Gasteiger partial charge in [-0.25, -0.2) is 8.42 Å². The molecule has 2 aromatic rings. The Morgan fingerprint density at radius 2 is 1.55 bits per heavy atom. The predicted octanol–water partition coefficient (Wildman–Crippen LogP) is 3.82. The van der Waals surface area contributed by atoms with Crippen molar-refractivity contribution in [3.05, 3.63) is 64.7 Å². The molecule has 31 heavy (non-hydrogen) atoms. The largest absolute Gasteiger partial charge is 0.340 e. The summed E-state index contributed by atoms with van der Waals surface area (Å²) in [6, 6.07) is 14.2. The molecule has 164 valence electrons. The number of rotatable bonds is 5. The van der Waals surface area contributed by atoms with E-state index in [0.717, 1.165) is 30.4 Å². The van der Waals surface area contributed by atoms with Crippen LogP contribution >= 0.6 is 0 Å². The van der Waals surface area contributed by atoms with Gasteiger partial charge in [0.1, 0.15) is 0 Å². The number of carbonyl (C=O) groups is 1. The van der Waals surface area contributed by atoms with Crippen LogP contribution in [0, 0.1) is 19.8 Å². The van der Waals surface area contributed by atoms with E-state index in [1.54, 1.807) is 10.4 Å². The third kappa shape index (κ3) is 4.15. The van der Waals surface area contributed by atoms with Crippen molar-refractivity contribution in [2.45, 2.75) is 49.8 Å². The van der Waals surface area contributed by atoms with E-state index in [2.05, 4.69) is 37.3 Å². The Kier molecular flexibility index (Phi) is 5.18. The number of nitrogens with zero attached hydrogens (tertiary/aromatic N) is 2. The molecule has 2 unspecified atom stereocenters. The molecule has 0 N–H and O–H groups in total. The second-order valence-electron chi connectivity index (χ2n) is 9.44. The molecule has 2 aliphatic carbocycles. The maximum absolute atomic E-state index is 13.2. The van der Waals surface area contributed by atoms with Gasteiger partial charge < -0.3 is 4.90 Å². The Bertz CT molecular complexity index is 1100. The second-order valence-corrected chi connectivity index (χ2v) is 11.4. The molecule has 1 aliphatic heterocycles. The molecule has 1 amide bonds. The first kappa shape index (κ1) is 20.7. The number of sulfonamides is 1. The first-order valence-corrected chi connectivity index (χ1v) is 12.7. The fraction of sp³-hybridized carbons (Fsp3) is 0.480. The van der Waals surface area contributed by atoms with Crippen LogP contribution in [0.1, 0.15) is 53.4 Å². The van der Waals surface area contributed by atoms with Crippen molar-refractivity contribution in [3.8, 4) is 0 Å². The summed E-state index contributed by atoms with van der Waals surface area (Å²) in [5.41, 5.74) is 4.59. The maximum Gasteiger partial charge on any atom is 0.243 e. The van der Waals surface area contributed by atoms with Crippen LogP contribution in [0.15, 0.2) is 47.4 Å². The van der Waals surface area contributed by atoms with E-state index in [9.17, 15) is 13.2 Å². The van der Waals surface area contributed by atoms with Gasteiger partial charge in [0.15, 0.2) is 0 Å². The van der Waals surface area contributed by atoms with Gasteiger partial charge in [0.2, 0.25) is 15.9 Å². The van der Waals surface area contributed by atoms with Crippen molar-refractivity contribution in [2.24, 2.45) is 5.92 Å². The molecule has 5 rings (SSSR count). The highest BCUT2D eigenvalue weighted by Crippen LogP contribution is 2.48. The van der Waals surface area contributed by atoms with E-state index in [4.69, 9.17) is 0 Å². The highest BCUT2D eigenvalue weighted by molar-refractivity contribution is 7.89. The number of aryl methyl sites for hydroxylation is 2. The molecule has 0 aromatic heterocycles. The quantitative estimate of drug-likeness (QED) is 0.713. The fourth-order valence-corrected chi connectivity index (χ4v) is 6.32. The first-order valence-electron chi connectivity index (χ1n) is 11.3. The lowest BCUT2D eigenvalue weighted by molar-refractivity contribution is -0.133. The van der Waals surface area contributed by atoms with Gasteiger partial charge in [-0.3, -0.25) is 4.79 Å². The molecule has 6 heteroatoms. The Balaban J connectivity index is 1.22. The summed E-state index contributed by atoms with van der Waals surface area (Å²) in [6.07, 6.45) is 3.19. The zero-order valence-corrected chi connectivity index (χ0v) is 19.1. The molecule has 3 aliphatic rings. The lowest BCUT2D eigenvalue weighted by Crippen LogP contribution is -2.51. The molecule has 0 radical (unpaired) electrons. The number of carbonyl (C=O) groups excluding carboxylic acids is 1. The van der Waals surface area contributed by atoms with Crippen molar-refractivity contribution in [3.63, 3.8) is 0 Å². The van der Waals surface area contributed by atoms with Crippen LogP contribution in [-0.4, -0.2) is 49.7 Å². The number of benzene rings is 2. The van der Waals surface area contributed by atoms with Gasteiger partial charge >= 0.3 is 0 Å². The van der Waals surface area contributed by atoms with E-state index < -0.39 is 10.0 Å². The first-order chi connectivity index (χ1) is 14.8. The third-order valence-corrected chi connectivity index (χ3v) is 8.80. The normalized spacial score (nSPS) is 24.3. The van der Waals surface area contributed by atoms with E-state index in [-0.39, 0.29) is 11.8 Å². The second kappa shape index (κ2) is 7.75. The number of hydrogen-bond acceptors (Lipinski definition) is 3. The van der Waals surface area contributed by atoms with Gasteiger partial charge in [0, 0.05) is 32.1 Å². The number of hydrogen-bond donors (Lipinski definition) is 0. The predicted molar refractivity (Wildman–Crippen MR) is 121 cm³/mol. The van der Waals surface area contributed by atoms with Crippen LogP contribution in [0.5, 0.6) is 0 Å². The highest BCUT2D eigenvalue weighted by atomic mass is 32.2. The minimum atomic E-state index is -3.53. The molecule has 0 spiro atoms. The Hall–Kier alpha value is -2.18.